The number of aryl methyl sites for hydroxylation is 1. The van der Waals surface area contributed by atoms with Gasteiger partial charge in [-0.05, 0) is 6.42 Å². The summed E-state index contributed by atoms with van der Waals surface area (Å²) in [5.41, 5.74) is -1.52. The smallest absolute Gasteiger partial charge is 0.250 e. The molecule has 0 aliphatic rings. The molecule has 0 radical (unpaired) electrons. The van der Waals surface area contributed by atoms with Crippen LogP contribution in [0.2, 0.25) is 0 Å². The molecule has 1 aromatic heterocycles. The number of halogens is 5. The molecular weight excluding hydrogens is 285 g/mol. The van der Waals surface area contributed by atoms with Gasteiger partial charge in [0.15, 0.2) is 5.82 Å². The summed E-state index contributed by atoms with van der Waals surface area (Å²) in [6.45, 7) is 1.47. The molecule has 20 heavy (non-hydrogen) atoms. The van der Waals surface area contributed by atoms with Gasteiger partial charge in [0.05, 0.1) is 7.05 Å². The molecule has 0 amide bonds. The quantitative estimate of drug-likeness (QED) is 0.487. The molecule has 0 saturated heterocycles. The Balaban J connectivity index is 3.49. The van der Waals surface area contributed by atoms with Gasteiger partial charge >= 0.3 is 12.1 Å². The van der Waals surface area contributed by atoms with Gasteiger partial charge < -0.3 is 0 Å². The molecule has 0 aliphatic heterocycles. The Labute approximate surface area is 112 Å². The second kappa shape index (κ2) is 5.33. The Kier molecular flexibility index (Phi) is 4.35. The van der Waals surface area contributed by atoms with E-state index in [1.165, 1.54) is 28.1 Å². The number of rotatable bonds is 4. The minimum Gasteiger partial charge on any atom is -0.250 e. The van der Waals surface area contributed by atoms with E-state index in [2.05, 4.69) is 15.4 Å². The monoisotopic (exact) mass is 299 g/mol. The van der Waals surface area contributed by atoms with Gasteiger partial charge in [-0.2, -0.15) is 32.2 Å². The first kappa shape index (κ1) is 16.3. The highest BCUT2D eigenvalue weighted by atomic mass is 19.4. The fourth-order valence-corrected chi connectivity index (χ4v) is 1.85. The maximum absolute atomic E-state index is 13.5. The van der Waals surface area contributed by atoms with Gasteiger partial charge in [0.25, 0.3) is 0 Å². The predicted molar refractivity (Wildman–Crippen MR) is 61.7 cm³/mol. The zero-order valence-corrected chi connectivity index (χ0v) is 11.3. The van der Waals surface area contributed by atoms with Crippen molar-refractivity contribution in [3.8, 4) is 0 Å². The molecule has 10 heteroatoms. The average molecular weight is 299 g/mol. The lowest BCUT2D eigenvalue weighted by molar-refractivity contribution is -0.291. The summed E-state index contributed by atoms with van der Waals surface area (Å²) in [5, 5.41) is 11.5. The van der Waals surface area contributed by atoms with Crippen molar-refractivity contribution >= 4 is 5.82 Å². The zero-order chi connectivity index (χ0) is 15.7. The van der Waals surface area contributed by atoms with Crippen LogP contribution in [-0.2, 0) is 19.4 Å². The molecule has 1 rings (SSSR count). The number of alkyl halides is 5. The minimum atomic E-state index is -5.70. The molecular formula is C10H14F5N5. The standard InChI is InChI=1S/C10H14F5N5/c1-5-6-7(9(11,12)10(13,14)15)17-19(3)8(6)20(4)18-16-2/h5H2,1-4H3. The van der Waals surface area contributed by atoms with Crippen LogP contribution in [0.4, 0.5) is 27.8 Å². The largest absolute Gasteiger partial charge is 0.459 e. The van der Waals surface area contributed by atoms with Gasteiger partial charge in [-0.3, -0.25) is 4.68 Å². The molecule has 1 heterocycles. The van der Waals surface area contributed by atoms with Crippen molar-refractivity contribution < 1.29 is 22.0 Å². The number of anilines is 1. The van der Waals surface area contributed by atoms with Crippen molar-refractivity contribution in [2.24, 2.45) is 17.4 Å². The molecule has 0 aliphatic carbocycles. The Bertz CT molecular complexity index is 505. The summed E-state index contributed by atoms with van der Waals surface area (Å²) in [7, 11) is 4.01. The molecule has 1 aromatic rings. The molecule has 5 nitrogen and oxygen atoms in total. The molecule has 0 saturated carbocycles. The lowest BCUT2D eigenvalue weighted by atomic mass is 10.1. The van der Waals surface area contributed by atoms with Gasteiger partial charge in [0.1, 0.15) is 5.69 Å². The van der Waals surface area contributed by atoms with E-state index in [0.29, 0.717) is 0 Å². The molecule has 0 fully saturated rings. The summed E-state index contributed by atoms with van der Waals surface area (Å²) < 4.78 is 65.3. The van der Waals surface area contributed by atoms with E-state index < -0.39 is 17.8 Å². The summed E-state index contributed by atoms with van der Waals surface area (Å²) in [6.07, 6.45) is -5.75. The van der Waals surface area contributed by atoms with E-state index >= 15 is 0 Å². The average Bonchev–Trinajstić information content (AvgIpc) is 2.65. The Morgan fingerprint density at radius 3 is 2.20 bits per heavy atom. The highest BCUT2D eigenvalue weighted by molar-refractivity contribution is 5.50. The van der Waals surface area contributed by atoms with Gasteiger partial charge in [0, 0.05) is 19.7 Å². The Morgan fingerprint density at radius 1 is 1.25 bits per heavy atom. The van der Waals surface area contributed by atoms with Gasteiger partial charge in [0.2, 0.25) is 0 Å². The topological polar surface area (TPSA) is 45.8 Å². The predicted octanol–water partition coefficient (Wildman–Crippen LogP) is 3.07. The highest BCUT2D eigenvalue weighted by Gasteiger charge is 2.61. The van der Waals surface area contributed by atoms with Crippen molar-refractivity contribution in [2.75, 3.05) is 19.1 Å². The summed E-state index contributed by atoms with van der Waals surface area (Å²) in [5.74, 6) is -4.98. The molecule has 0 N–H and O–H groups in total. The fourth-order valence-electron chi connectivity index (χ4n) is 1.85. The van der Waals surface area contributed by atoms with E-state index in [1.54, 1.807) is 0 Å². The number of nitrogens with zero attached hydrogens (tertiary/aromatic N) is 5. The van der Waals surface area contributed by atoms with Crippen molar-refractivity contribution in [3.63, 3.8) is 0 Å². The van der Waals surface area contributed by atoms with Crippen LogP contribution in [0.25, 0.3) is 0 Å². The van der Waals surface area contributed by atoms with E-state index in [4.69, 9.17) is 0 Å². The van der Waals surface area contributed by atoms with Crippen LogP contribution in [0.5, 0.6) is 0 Å². The number of hydrogen-bond donors (Lipinski definition) is 0. The molecule has 0 bridgehead atoms. The molecule has 0 aromatic carbocycles. The van der Waals surface area contributed by atoms with Gasteiger partial charge in [-0.25, -0.2) is 5.01 Å². The first-order valence-corrected chi connectivity index (χ1v) is 5.62. The van der Waals surface area contributed by atoms with Gasteiger partial charge in [-0.15, -0.1) is 0 Å². The van der Waals surface area contributed by atoms with E-state index in [-0.39, 0.29) is 17.8 Å². The van der Waals surface area contributed by atoms with Crippen LogP contribution in [0.15, 0.2) is 10.3 Å². The SMILES string of the molecule is CCc1c(C(F)(F)C(F)(F)F)nn(C)c1N(C)N=NC. The van der Waals surface area contributed by atoms with Crippen LogP contribution in [0.1, 0.15) is 18.2 Å². The maximum Gasteiger partial charge on any atom is 0.459 e. The van der Waals surface area contributed by atoms with E-state index in [0.717, 1.165) is 9.69 Å². The third-order valence-electron chi connectivity index (χ3n) is 2.65. The zero-order valence-electron chi connectivity index (χ0n) is 11.3. The normalized spacial score (nSPS) is 13.2. The molecule has 0 spiro atoms. The van der Waals surface area contributed by atoms with Crippen LogP contribution in [0, 0.1) is 0 Å². The second-order valence-electron chi connectivity index (χ2n) is 4.01. The third-order valence-corrected chi connectivity index (χ3v) is 2.65. The van der Waals surface area contributed by atoms with Crippen LogP contribution in [-0.4, -0.2) is 30.1 Å². The first-order chi connectivity index (χ1) is 9.07. The number of aromatic nitrogens is 2. The Morgan fingerprint density at radius 2 is 1.80 bits per heavy atom. The Hall–Kier alpha value is -1.74. The third kappa shape index (κ3) is 2.59. The fraction of sp³-hybridized carbons (Fsp3) is 0.700. The first-order valence-electron chi connectivity index (χ1n) is 5.62. The summed E-state index contributed by atoms with van der Waals surface area (Å²) in [4.78, 5) is 0. The highest BCUT2D eigenvalue weighted by Crippen LogP contribution is 2.46. The van der Waals surface area contributed by atoms with Gasteiger partial charge in [-0.1, -0.05) is 12.1 Å². The van der Waals surface area contributed by atoms with E-state index in [9.17, 15) is 22.0 Å². The lowest BCUT2D eigenvalue weighted by Gasteiger charge is -2.19. The summed E-state index contributed by atoms with van der Waals surface area (Å²) >= 11 is 0. The molecule has 0 atom stereocenters. The molecule has 114 valence electrons. The van der Waals surface area contributed by atoms with Crippen molar-refractivity contribution in [1.29, 1.82) is 0 Å². The van der Waals surface area contributed by atoms with Crippen LogP contribution >= 0.6 is 0 Å². The van der Waals surface area contributed by atoms with Crippen LogP contribution < -0.4 is 5.01 Å². The number of hydrogen-bond acceptors (Lipinski definition) is 3. The lowest BCUT2D eigenvalue weighted by Crippen LogP contribution is -2.35. The van der Waals surface area contributed by atoms with Crippen LogP contribution in [0.3, 0.4) is 0 Å². The van der Waals surface area contributed by atoms with E-state index in [1.807, 2.05) is 0 Å². The molecule has 0 unspecified atom stereocenters. The summed E-state index contributed by atoms with van der Waals surface area (Å²) in [6, 6.07) is 0. The van der Waals surface area contributed by atoms with Crippen molar-refractivity contribution in [3.05, 3.63) is 11.3 Å². The second-order valence-corrected chi connectivity index (χ2v) is 4.01. The minimum absolute atomic E-state index is 0.0389. The maximum atomic E-state index is 13.5. The van der Waals surface area contributed by atoms with Crippen molar-refractivity contribution in [2.45, 2.75) is 25.4 Å². The van der Waals surface area contributed by atoms with Crippen molar-refractivity contribution in [1.82, 2.24) is 9.78 Å².